The van der Waals surface area contributed by atoms with Crippen molar-refractivity contribution in [2.45, 2.75) is 34.6 Å². The number of ether oxygens (including phenoxy) is 1. The van der Waals surface area contributed by atoms with Crippen molar-refractivity contribution < 1.29 is 9.53 Å². The number of carbonyl (C=O) groups excluding carboxylic acids is 1. The molecule has 17 heavy (non-hydrogen) atoms. The summed E-state index contributed by atoms with van der Waals surface area (Å²) in [6, 6.07) is 0. The Morgan fingerprint density at radius 2 is 1.76 bits per heavy atom. The molecule has 0 saturated carbocycles. The number of esters is 1. The third kappa shape index (κ3) is 6.47. The van der Waals surface area contributed by atoms with E-state index in [1.54, 1.807) is 6.92 Å². The molecule has 0 heterocycles. The molecule has 100 valence electrons. The smallest absolute Gasteiger partial charge is 0.333 e. The molecule has 0 aliphatic carbocycles. The van der Waals surface area contributed by atoms with Crippen molar-refractivity contribution in [3.63, 3.8) is 0 Å². The van der Waals surface area contributed by atoms with Crippen LogP contribution in [0.3, 0.4) is 0 Å². The zero-order valence-corrected chi connectivity index (χ0v) is 12.0. The molecule has 3 heteroatoms. The van der Waals surface area contributed by atoms with Crippen molar-refractivity contribution in [3.05, 3.63) is 11.6 Å². The van der Waals surface area contributed by atoms with Crippen LogP contribution in [0.15, 0.2) is 11.6 Å². The number of methoxy groups -OCH3 is 1. The van der Waals surface area contributed by atoms with Crippen LogP contribution in [-0.4, -0.2) is 26.2 Å². The highest BCUT2D eigenvalue weighted by Crippen LogP contribution is 2.19. The largest absolute Gasteiger partial charge is 0.466 e. The highest BCUT2D eigenvalue weighted by atomic mass is 16.5. The summed E-state index contributed by atoms with van der Waals surface area (Å²) in [4.78, 5) is 11.1. The molecule has 0 aromatic heterocycles. The first kappa shape index (κ1) is 16.2. The van der Waals surface area contributed by atoms with E-state index in [0.717, 1.165) is 13.1 Å². The van der Waals surface area contributed by atoms with Crippen molar-refractivity contribution >= 4 is 5.97 Å². The van der Waals surface area contributed by atoms with Gasteiger partial charge >= 0.3 is 5.97 Å². The Morgan fingerprint density at radius 1 is 1.24 bits per heavy atom. The van der Waals surface area contributed by atoms with Gasteiger partial charge in [0.25, 0.3) is 0 Å². The molecular formula is C14H27NO2. The lowest BCUT2D eigenvalue weighted by Gasteiger charge is -2.24. The summed E-state index contributed by atoms with van der Waals surface area (Å²) in [5, 5.41) is 3.37. The van der Waals surface area contributed by atoms with Crippen molar-refractivity contribution in [3.8, 4) is 0 Å². The van der Waals surface area contributed by atoms with E-state index in [9.17, 15) is 4.79 Å². The average molecular weight is 241 g/mol. The van der Waals surface area contributed by atoms with Crippen LogP contribution in [0, 0.1) is 17.8 Å². The van der Waals surface area contributed by atoms with Gasteiger partial charge < -0.3 is 10.1 Å². The maximum Gasteiger partial charge on any atom is 0.333 e. The molecule has 0 fully saturated rings. The molecule has 0 rings (SSSR count). The van der Waals surface area contributed by atoms with Gasteiger partial charge in [-0.1, -0.05) is 33.8 Å². The van der Waals surface area contributed by atoms with Crippen molar-refractivity contribution in [2.24, 2.45) is 17.8 Å². The summed E-state index contributed by atoms with van der Waals surface area (Å²) in [5.74, 6) is 1.76. The SMILES string of the molecule is COC(=O)C(C)=CCNCC(C(C)C)C(C)C. The molecular weight excluding hydrogens is 214 g/mol. The lowest BCUT2D eigenvalue weighted by molar-refractivity contribution is -0.136. The van der Waals surface area contributed by atoms with Crippen LogP contribution in [0.25, 0.3) is 0 Å². The summed E-state index contributed by atoms with van der Waals surface area (Å²) < 4.78 is 4.63. The van der Waals surface area contributed by atoms with E-state index in [1.165, 1.54) is 7.11 Å². The van der Waals surface area contributed by atoms with Crippen molar-refractivity contribution in [2.75, 3.05) is 20.2 Å². The zero-order valence-electron chi connectivity index (χ0n) is 12.0. The van der Waals surface area contributed by atoms with E-state index >= 15 is 0 Å². The van der Waals surface area contributed by atoms with Gasteiger partial charge in [-0.3, -0.25) is 0 Å². The molecule has 0 aliphatic heterocycles. The fraction of sp³-hybridized carbons (Fsp3) is 0.786. The van der Waals surface area contributed by atoms with Gasteiger partial charge in [0.1, 0.15) is 0 Å². The molecule has 0 unspecified atom stereocenters. The van der Waals surface area contributed by atoms with Crippen molar-refractivity contribution in [1.29, 1.82) is 0 Å². The van der Waals surface area contributed by atoms with E-state index in [-0.39, 0.29) is 5.97 Å². The van der Waals surface area contributed by atoms with Gasteiger partial charge in [0, 0.05) is 12.1 Å². The first-order chi connectivity index (χ1) is 7.90. The zero-order chi connectivity index (χ0) is 13.4. The second-order valence-corrected chi connectivity index (χ2v) is 5.19. The van der Waals surface area contributed by atoms with Crippen LogP contribution in [0.4, 0.5) is 0 Å². The standard InChI is InChI=1S/C14H27NO2/c1-10(2)13(11(3)4)9-15-8-7-12(5)14(16)17-6/h7,10-11,13,15H,8-9H2,1-6H3. The molecule has 0 aliphatic rings. The second-order valence-electron chi connectivity index (χ2n) is 5.19. The van der Waals surface area contributed by atoms with Crippen LogP contribution >= 0.6 is 0 Å². The number of hydrogen-bond acceptors (Lipinski definition) is 3. The van der Waals surface area contributed by atoms with Gasteiger partial charge in [0.2, 0.25) is 0 Å². The van der Waals surface area contributed by atoms with Gasteiger partial charge in [-0.05, 0) is 31.2 Å². The molecule has 0 aromatic rings. The molecule has 0 spiro atoms. The highest BCUT2D eigenvalue weighted by molar-refractivity contribution is 5.87. The number of nitrogens with one attached hydrogen (secondary N) is 1. The Morgan fingerprint density at radius 3 is 2.18 bits per heavy atom. The second kappa shape index (κ2) is 8.29. The summed E-state index contributed by atoms with van der Waals surface area (Å²) in [6.45, 7) is 12.5. The molecule has 0 radical (unpaired) electrons. The minimum Gasteiger partial charge on any atom is -0.466 e. The highest BCUT2D eigenvalue weighted by Gasteiger charge is 2.16. The average Bonchev–Trinajstić information content (AvgIpc) is 2.26. The Balaban J connectivity index is 4.02. The molecule has 3 nitrogen and oxygen atoms in total. The van der Waals surface area contributed by atoms with Crippen LogP contribution in [0.5, 0.6) is 0 Å². The predicted octanol–water partition coefficient (Wildman–Crippen LogP) is 2.62. The number of rotatable bonds is 7. The Bertz CT molecular complexity index is 249. The maximum absolute atomic E-state index is 11.1. The van der Waals surface area contributed by atoms with Gasteiger partial charge in [0.15, 0.2) is 0 Å². The fourth-order valence-electron chi connectivity index (χ4n) is 1.96. The predicted molar refractivity (Wildman–Crippen MR) is 71.8 cm³/mol. The van der Waals surface area contributed by atoms with E-state index in [4.69, 9.17) is 0 Å². The van der Waals surface area contributed by atoms with E-state index < -0.39 is 0 Å². The van der Waals surface area contributed by atoms with Gasteiger partial charge in [-0.25, -0.2) is 4.79 Å². The summed E-state index contributed by atoms with van der Waals surface area (Å²) in [6.07, 6.45) is 1.88. The molecule has 0 saturated heterocycles. The lowest BCUT2D eigenvalue weighted by Crippen LogP contribution is -2.30. The number of carbonyl (C=O) groups is 1. The van der Waals surface area contributed by atoms with E-state index in [2.05, 4.69) is 37.7 Å². The molecule has 0 atom stereocenters. The van der Waals surface area contributed by atoms with Crippen LogP contribution in [0.2, 0.25) is 0 Å². The van der Waals surface area contributed by atoms with Crippen LogP contribution < -0.4 is 5.32 Å². The van der Waals surface area contributed by atoms with E-state index in [1.807, 2.05) is 6.08 Å². The van der Waals surface area contributed by atoms with Crippen LogP contribution in [-0.2, 0) is 9.53 Å². The molecule has 0 aromatic carbocycles. The van der Waals surface area contributed by atoms with Gasteiger partial charge in [-0.2, -0.15) is 0 Å². The quantitative estimate of drug-likeness (QED) is 0.423. The lowest BCUT2D eigenvalue weighted by atomic mass is 9.85. The molecule has 1 N–H and O–H groups in total. The number of hydrogen-bond donors (Lipinski definition) is 1. The third-order valence-corrected chi connectivity index (χ3v) is 3.15. The summed E-state index contributed by atoms with van der Waals surface area (Å²) in [5.41, 5.74) is 0.658. The van der Waals surface area contributed by atoms with Gasteiger partial charge in [-0.15, -0.1) is 0 Å². The van der Waals surface area contributed by atoms with Gasteiger partial charge in [0.05, 0.1) is 7.11 Å². The molecule has 0 bridgehead atoms. The van der Waals surface area contributed by atoms with Crippen molar-refractivity contribution in [1.82, 2.24) is 5.32 Å². The maximum atomic E-state index is 11.1. The first-order valence-electron chi connectivity index (χ1n) is 6.35. The monoisotopic (exact) mass is 241 g/mol. The molecule has 0 amide bonds. The fourth-order valence-corrected chi connectivity index (χ4v) is 1.96. The Labute approximate surface area is 106 Å². The van der Waals surface area contributed by atoms with E-state index in [0.29, 0.717) is 23.3 Å². The minimum atomic E-state index is -0.254. The summed E-state index contributed by atoms with van der Waals surface area (Å²) in [7, 11) is 1.40. The Hall–Kier alpha value is -0.830. The summed E-state index contributed by atoms with van der Waals surface area (Å²) >= 11 is 0. The Kier molecular flexibility index (Phi) is 7.88. The third-order valence-electron chi connectivity index (χ3n) is 3.15. The first-order valence-corrected chi connectivity index (χ1v) is 6.35. The topological polar surface area (TPSA) is 38.3 Å². The van der Waals surface area contributed by atoms with Crippen LogP contribution in [0.1, 0.15) is 34.6 Å². The normalized spacial score (nSPS) is 12.6. The minimum absolute atomic E-state index is 0.254.